The van der Waals surface area contributed by atoms with E-state index in [2.05, 4.69) is 191 Å². The van der Waals surface area contributed by atoms with Crippen molar-refractivity contribution in [2.45, 2.75) is 0 Å². The Kier molecular flexibility index (Phi) is 7.20. The molecule has 0 fully saturated rings. The minimum atomic E-state index is 0.875. The Morgan fingerprint density at radius 3 is 1.40 bits per heavy atom. The maximum atomic E-state index is 6.66. The van der Waals surface area contributed by atoms with E-state index in [1.165, 1.54) is 10.8 Å². The van der Waals surface area contributed by atoms with Crippen molar-refractivity contribution in [1.82, 2.24) is 4.57 Å². The lowest BCUT2D eigenvalue weighted by Gasteiger charge is -2.25. The van der Waals surface area contributed by atoms with Crippen LogP contribution in [0, 0.1) is 0 Å². The van der Waals surface area contributed by atoms with Crippen LogP contribution >= 0.6 is 0 Å². The van der Waals surface area contributed by atoms with Gasteiger partial charge in [0, 0.05) is 66.2 Å². The number of anilines is 3. The molecule has 0 aliphatic carbocycles. The zero-order chi connectivity index (χ0) is 38.2. The lowest BCUT2D eigenvalue weighted by atomic mass is 9.95. The summed E-state index contributed by atoms with van der Waals surface area (Å²) in [6.45, 7) is 0. The molecule has 0 saturated carbocycles. The summed E-state index contributed by atoms with van der Waals surface area (Å²) < 4.78 is 15.7. The average Bonchev–Trinajstić information content (AvgIpc) is 3.97. The lowest BCUT2D eigenvalue weighted by molar-refractivity contribution is 0.670. The highest BCUT2D eigenvalue weighted by molar-refractivity contribution is 6.13. The highest BCUT2D eigenvalue weighted by Gasteiger charge is 2.21. The van der Waals surface area contributed by atoms with Gasteiger partial charge >= 0.3 is 0 Å². The monoisotopic (exact) mass is 742 g/mol. The summed E-state index contributed by atoms with van der Waals surface area (Å²) in [6.07, 6.45) is 0. The number of nitrogens with zero attached hydrogens (tertiary/aromatic N) is 2. The molecule has 9 aromatic carbocycles. The normalized spacial score (nSPS) is 11.8. The molecular formula is C54H34N2O2. The van der Waals surface area contributed by atoms with Crippen molar-refractivity contribution in [3.8, 4) is 27.9 Å². The molecule has 4 heteroatoms. The Bertz CT molecular complexity index is 3350. The number of furan rings is 2. The summed E-state index contributed by atoms with van der Waals surface area (Å²) in [5, 5.41) is 6.80. The minimum Gasteiger partial charge on any atom is -0.455 e. The smallest absolute Gasteiger partial charge is 0.143 e. The van der Waals surface area contributed by atoms with Crippen LogP contribution in [0.4, 0.5) is 17.1 Å². The van der Waals surface area contributed by atoms with Crippen LogP contribution in [-0.2, 0) is 0 Å². The molecule has 4 nitrogen and oxygen atoms in total. The predicted molar refractivity (Wildman–Crippen MR) is 241 cm³/mol. The zero-order valence-electron chi connectivity index (χ0n) is 31.3. The number of aromatic nitrogens is 1. The van der Waals surface area contributed by atoms with Gasteiger partial charge in [0.2, 0.25) is 0 Å². The van der Waals surface area contributed by atoms with E-state index in [-0.39, 0.29) is 0 Å². The fourth-order valence-electron chi connectivity index (χ4n) is 8.98. The van der Waals surface area contributed by atoms with Crippen LogP contribution in [0.15, 0.2) is 215 Å². The Morgan fingerprint density at radius 2 is 0.810 bits per heavy atom. The molecule has 0 saturated heterocycles. The van der Waals surface area contributed by atoms with Crippen LogP contribution in [-0.4, -0.2) is 4.57 Å². The van der Waals surface area contributed by atoms with Gasteiger partial charge in [0.1, 0.15) is 22.3 Å². The Morgan fingerprint density at radius 1 is 0.328 bits per heavy atom. The third-order valence-electron chi connectivity index (χ3n) is 11.6. The first-order valence-electron chi connectivity index (χ1n) is 19.7. The number of rotatable bonds is 6. The number of para-hydroxylation sites is 7. The van der Waals surface area contributed by atoms with Crippen molar-refractivity contribution in [3.05, 3.63) is 206 Å². The zero-order valence-corrected chi connectivity index (χ0v) is 31.3. The molecule has 0 spiro atoms. The molecule has 0 bridgehead atoms. The van der Waals surface area contributed by atoms with Crippen molar-refractivity contribution in [2.75, 3.05) is 4.90 Å². The van der Waals surface area contributed by atoms with Gasteiger partial charge in [-0.1, -0.05) is 133 Å². The minimum absolute atomic E-state index is 0.875. The molecule has 3 heterocycles. The molecular weight excluding hydrogens is 709 g/mol. The van der Waals surface area contributed by atoms with Crippen LogP contribution in [0.5, 0.6) is 0 Å². The van der Waals surface area contributed by atoms with Crippen molar-refractivity contribution in [2.24, 2.45) is 0 Å². The van der Waals surface area contributed by atoms with E-state index in [4.69, 9.17) is 8.83 Å². The molecule has 12 aromatic rings. The molecule has 0 radical (unpaired) electrons. The van der Waals surface area contributed by atoms with Gasteiger partial charge in [0.15, 0.2) is 0 Å². The second kappa shape index (κ2) is 12.9. The van der Waals surface area contributed by atoms with Gasteiger partial charge in [-0.15, -0.1) is 0 Å². The summed E-state index contributed by atoms with van der Waals surface area (Å²) in [4.78, 5) is 2.33. The van der Waals surface area contributed by atoms with Crippen molar-refractivity contribution in [3.63, 3.8) is 0 Å². The van der Waals surface area contributed by atoms with E-state index in [1.54, 1.807) is 0 Å². The van der Waals surface area contributed by atoms with Crippen LogP contribution in [0.2, 0.25) is 0 Å². The number of fused-ring (bicyclic) bond motifs is 9. The van der Waals surface area contributed by atoms with E-state index < -0.39 is 0 Å². The number of benzene rings is 9. The van der Waals surface area contributed by atoms with E-state index in [0.717, 1.165) is 99.9 Å². The summed E-state index contributed by atoms with van der Waals surface area (Å²) in [6, 6.07) is 73.2. The summed E-state index contributed by atoms with van der Waals surface area (Å²) in [7, 11) is 0. The third-order valence-corrected chi connectivity index (χ3v) is 11.6. The van der Waals surface area contributed by atoms with Gasteiger partial charge in [-0.2, -0.15) is 0 Å². The van der Waals surface area contributed by atoms with Gasteiger partial charge in [-0.05, 0) is 83.9 Å². The van der Waals surface area contributed by atoms with Crippen LogP contribution in [0.25, 0.3) is 93.6 Å². The molecule has 3 aromatic heterocycles. The van der Waals surface area contributed by atoms with Crippen LogP contribution in [0.3, 0.4) is 0 Å². The highest BCUT2D eigenvalue weighted by Crippen LogP contribution is 2.44. The average molecular weight is 743 g/mol. The summed E-state index contributed by atoms with van der Waals surface area (Å²) in [5.74, 6) is 0. The molecule has 0 atom stereocenters. The molecule has 58 heavy (non-hydrogen) atoms. The molecule has 12 rings (SSSR count). The second-order valence-corrected chi connectivity index (χ2v) is 14.9. The van der Waals surface area contributed by atoms with Gasteiger partial charge in [-0.3, -0.25) is 0 Å². The summed E-state index contributed by atoms with van der Waals surface area (Å²) >= 11 is 0. The Balaban J connectivity index is 1.16. The quantitative estimate of drug-likeness (QED) is 0.170. The molecule has 0 aliphatic rings. The Labute approximate surface area is 334 Å². The molecule has 0 N–H and O–H groups in total. The first kappa shape index (κ1) is 32.4. The highest BCUT2D eigenvalue weighted by atomic mass is 16.3. The Hall–Kier alpha value is -7.82. The number of hydrogen-bond donors (Lipinski definition) is 0. The molecule has 0 aliphatic heterocycles. The maximum absolute atomic E-state index is 6.66. The summed E-state index contributed by atoms with van der Waals surface area (Å²) in [5.41, 5.74) is 14.3. The predicted octanol–water partition coefficient (Wildman–Crippen LogP) is 15.4. The van der Waals surface area contributed by atoms with Gasteiger partial charge in [-0.25, -0.2) is 0 Å². The van der Waals surface area contributed by atoms with Crippen molar-refractivity contribution >= 4 is 82.7 Å². The lowest BCUT2D eigenvalue weighted by Crippen LogP contribution is -2.09. The van der Waals surface area contributed by atoms with Gasteiger partial charge in [0.05, 0.1) is 11.0 Å². The molecule has 272 valence electrons. The van der Waals surface area contributed by atoms with Crippen LogP contribution < -0.4 is 4.90 Å². The number of hydrogen-bond acceptors (Lipinski definition) is 3. The fraction of sp³-hybridized carbons (Fsp3) is 0. The molecule has 0 unspecified atom stereocenters. The first-order valence-corrected chi connectivity index (χ1v) is 19.7. The first-order chi connectivity index (χ1) is 28.8. The SMILES string of the molecule is c1ccc(N(c2ccccc2)c2ccc3c4ccccc4n(-c4cc(-c5cccc6c5oc5ccccc56)cc(-c5cccc6c5oc5ccccc56)c4)c3c2)cc1. The van der Waals surface area contributed by atoms with Gasteiger partial charge in [0.25, 0.3) is 0 Å². The topological polar surface area (TPSA) is 34.5 Å². The molecule has 0 amide bonds. The van der Waals surface area contributed by atoms with E-state index in [0.29, 0.717) is 0 Å². The van der Waals surface area contributed by atoms with Crippen molar-refractivity contribution < 1.29 is 8.83 Å². The second-order valence-electron chi connectivity index (χ2n) is 14.9. The van der Waals surface area contributed by atoms with E-state index in [1.807, 2.05) is 24.3 Å². The van der Waals surface area contributed by atoms with Gasteiger partial charge < -0.3 is 18.3 Å². The standard InChI is InChI=1S/C54H34N2O2/c1-3-15-37(16-4-1)55(38-17-5-2-6-18-38)39-29-30-44-43-19-7-10-26-49(43)56(50(44)34-39)40-32-35(41-22-13-24-47-45-20-8-11-27-51(45)57-53(41)47)31-36(33-40)42-23-14-25-48-46-21-9-12-28-52(46)58-54(42)48/h1-34H. The van der Waals surface area contributed by atoms with E-state index in [9.17, 15) is 0 Å². The van der Waals surface area contributed by atoms with Crippen LogP contribution in [0.1, 0.15) is 0 Å². The third kappa shape index (κ3) is 5.02. The maximum Gasteiger partial charge on any atom is 0.143 e. The largest absolute Gasteiger partial charge is 0.455 e. The van der Waals surface area contributed by atoms with Crippen molar-refractivity contribution in [1.29, 1.82) is 0 Å². The fourth-order valence-corrected chi connectivity index (χ4v) is 8.98. The van der Waals surface area contributed by atoms with E-state index >= 15 is 0 Å².